The summed E-state index contributed by atoms with van der Waals surface area (Å²) in [5.74, 6) is 0.707. The van der Waals surface area contributed by atoms with E-state index >= 15 is 0 Å². The molecule has 0 atom stereocenters. The van der Waals surface area contributed by atoms with Crippen LogP contribution in [0.15, 0.2) is 65.3 Å². The van der Waals surface area contributed by atoms with Crippen LogP contribution in [0, 0.1) is 17.0 Å². The smallest absolute Gasteiger partial charge is 0.295 e. The Hall–Kier alpha value is -3.78. The van der Waals surface area contributed by atoms with Gasteiger partial charge in [0.1, 0.15) is 12.0 Å². The number of oxazole rings is 1. The number of rotatable bonds is 5. The lowest BCUT2D eigenvalue weighted by molar-refractivity contribution is -0.383. The van der Waals surface area contributed by atoms with Gasteiger partial charge in [-0.15, -0.1) is 0 Å². The van der Waals surface area contributed by atoms with Crippen molar-refractivity contribution in [1.82, 2.24) is 14.9 Å². The molecule has 1 fully saturated rings. The molecule has 1 saturated heterocycles. The number of para-hydroxylation sites is 1. The minimum Gasteiger partial charge on any atom is -0.447 e. The number of aromatic nitrogens is 2. The Bertz CT molecular complexity index is 1260. The van der Waals surface area contributed by atoms with Crippen molar-refractivity contribution in [2.24, 2.45) is 0 Å². The van der Waals surface area contributed by atoms with Crippen molar-refractivity contribution in [2.75, 3.05) is 31.1 Å². The normalized spacial score (nSPS) is 14.7. The number of piperazine rings is 1. The number of nitro groups is 1. The average molecular weight is 429 g/mol. The number of fused-ring (bicyclic) bond motifs is 1. The van der Waals surface area contributed by atoms with Crippen LogP contribution >= 0.6 is 0 Å². The maximum absolute atomic E-state index is 11.5. The number of non-ortho nitro benzene ring substituents is 1. The Morgan fingerprint density at radius 3 is 2.56 bits per heavy atom. The number of nitro benzene ring substituents is 1. The highest BCUT2D eigenvalue weighted by Crippen LogP contribution is 2.32. The summed E-state index contributed by atoms with van der Waals surface area (Å²) in [6.07, 6.45) is 1.71. The first-order chi connectivity index (χ1) is 15.6. The van der Waals surface area contributed by atoms with Crippen LogP contribution < -0.4 is 4.90 Å². The van der Waals surface area contributed by atoms with Crippen LogP contribution in [0.3, 0.4) is 0 Å². The molecule has 1 aliphatic rings. The molecule has 0 unspecified atom stereocenters. The Morgan fingerprint density at radius 2 is 1.81 bits per heavy atom. The number of pyridine rings is 1. The van der Waals surface area contributed by atoms with Crippen molar-refractivity contribution in [3.63, 3.8) is 0 Å². The van der Waals surface area contributed by atoms with E-state index < -0.39 is 0 Å². The molecule has 8 heteroatoms. The Kier molecular flexibility index (Phi) is 5.28. The Morgan fingerprint density at radius 1 is 1.03 bits per heavy atom. The van der Waals surface area contributed by atoms with E-state index in [1.165, 1.54) is 6.07 Å². The minimum absolute atomic E-state index is 0.0456. The minimum atomic E-state index is -0.365. The highest BCUT2D eigenvalue weighted by molar-refractivity contribution is 5.97. The van der Waals surface area contributed by atoms with Gasteiger partial charge in [-0.1, -0.05) is 42.5 Å². The Balaban J connectivity index is 1.30. The summed E-state index contributed by atoms with van der Waals surface area (Å²) in [6, 6.07) is 17.2. The molecule has 2 aromatic heterocycles. The molecular weight excluding hydrogens is 406 g/mol. The quantitative estimate of drug-likeness (QED) is 0.342. The summed E-state index contributed by atoms with van der Waals surface area (Å²) < 4.78 is 5.70. The van der Waals surface area contributed by atoms with Crippen LogP contribution in [0.1, 0.15) is 11.6 Å². The van der Waals surface area contributed by atoms with E-state index in [9.17, 15) is 10.1 Å². The summed E-state index contributed by atoms with van der Waals surface area (Å²) in [5, 5.41) is 12.3. The summed E-state index contributed by atoms with van der Waals surface area (Å²) in [4.78, 5) is 24.8. The van der Waals surface area contributed by atoms with Crippen molar-refractivity contribution in [1.29, 1.82) is 0 Å². The van der Waals surface area contributed by atoms with Gasteiger partial charge in [-0.25, -0.2) is 9.97 Å². The van der Waals surface area contributed by atoms with Crippen LogP contribution in [0.4, 0.5) is 11.4 Å². The third-order valence-electron chi connectivity index (χ3n) is 5.81. The van der Waals surface area contributed by atoms with Crippen molar-refractivity contribution >= 4 is 22.3 Å². The molecule has 2 aromatic carbocycles. The molecule has 0 spiro atoms. The SMILES string of the molecule is Cc1cc(N2CCN(Cc3nc(-c4ccccc4)co3)CC2)c2cccc([N+](=O)[O-])c2n1. The highest BCUT2D eigenvalue weighted by atomic mass is 16.6. The summed E-state index contributed by atoms with van der Waals surface area (Å²) in [7, 11) is 0. The number of anilines is 1. The molecule has 0 radical (unpaired) electrons. The molecule has 162 valence electrons. The van der Waals surface area contributed by atoms with Gasteiger partial charge >= 0.3 is 0 Å². The van der Waals surface area contributed by atoms with E-state index in [-0.39, 0.29) is 10.6 Å². The second-order valence-corrected chi connectivity index (χ2v) is 7.97. The number of hydrogen-bond acceptors (Lipinski definition) is 7. The molecule has 4 aromatic rings. The lowest BCUT2D eigenvalue weighted by Gasteiger charge is -2.36. The maximum atomic E-state index is 11.5. The second-order valence-electron chi connectivity index (χ2n) is 7.97. The molecule has 0 aliphatic carbocycles. The zero-order valence-electron chi connectivity index (χ0n) is 17.8. The van der Waals surface area contributed by atoms with Crippen molar-refractivity contribution < 1.29 is 9.34 Å². The molecule has 8 nitrogen and oxygen atoms in total. The van der Waals surface area contributed by atoms with Gasteiger partial charge in [0, 0.05) is 54.6 Å². The molecular formula is C24H23N5O3. The second kappa shape index (κ2) is 8.39. The zero-order valence-corrected chi connectivity index (χ0v) is 17.8. The average Bonchev–Trinajstić information content (AvgIpc) is 3.27. The molecule has 3 heterocycles. The standard InChI is InChI=1S/C24H23N5O3/c1-17-14-22(19-8-5-9-21(29(30)31)24(19)25-17)28-12-10-27(11-13-28)15-23-26-20(16-32-23)18-6-3-2-4-7-18/h2-9,14,16H,10-13,15H2,1H3. The fraction of sp³-hybridized carbons (Fsp3) is 0.250. The zero-order chi connectivity index (χ0) is 22.1. The van der Waals surface area contributed by atoms with Crippen LogP contribution in [0.25, 0.3) is 22.2 Å². The molecule has 32 heavy (non-hydrogen) atoms. The number of aryl methyl sites for hydroxylation is 1. The fourth-order valence-electron chi connectivity index (χ4n) is 4.21. The molecule has 0 bridgehead atoms. The van der Waals surface area contributed by atoms with Gasteiger partial charge in [-0.2, -0.15) is 0 Å². The molecule has 5 rings (SSSR count). The summed E-state index contributed by atoms with van der Waals surface area (Å²) in [5.41, 5.74) is 4.16. The predicted octanol–water partition coefficient (Wildman–Crippen LogP) is 4.43. The molecule has 0 N–H and O–H groups in total. The first-order valence-electron chi connectivity index (χ1n) is 10.6. The van der Waals surface area contributed by atoms with Gasteiger partial charge in [0.15, 0.2) is 5.52 Å². The van der Waals surface area contributed by atoms with E-state index in [4.69, 9.17) is 4.42 Å². The fourth-order valence-corrected chi connectivity index (χ4v) is 4.21. The van der Waals surface area contributed by atoms with Gasteiger partial charge in [0.05, 0.1) is 11.5 Å². The molecule has 0 saturated carbocycles. The maximum Gasteiger partial charge on any atom is 0.295 e. The van der Waals surface area contributed by atoms with Crippen molar-refractivity contribution in [3.8, 4) is 11.3 Å². The van der Waals surface area contributed by atoms with Gasteiger partial charge in [-0.05, 0) is 13.0 Å². The van der Waals surface area contributed by atoms with E-state index in [1.807, 2.05) is 49.4 Å². The molecule has 0 amide bonds. The predicted molar refractivity (Wildman–Crippen MR) is 123 cm³/mol. The third-order valence-corrected chi connectivity index (χ3v) is 5.81. The van der Waals surface area contributed by atoms with Crippen LogP contribution in [0.5, 0.6) is 0 Å². The van der Waals surface area contributed by atoms with Gasteiger partial charge in [0.25, 0.3) is 5.69 Å². The first kappa shape index (κ1) is 20.1. The topological polar surface area (TPSA) is 88.5 Å². The largest absolute Gasteiger partial charge is 0.447 e. The third kappa shape index (κ3) is 3.92. The lowest BCUT2D eigenvalue weighted by Crippen LogP contribution is -2.46. The van der Waals surface area contributed by atoms with E-state index in [0.717, 1.165) is 54.2 Å². The first-order valence-corrected chi connectivity index (χ1v) is 10.6. The number of nitrogens with zero attached hydrogens (tertiary/aromatic N) is 5. The van der Waals surface area contributed by atoms with Crippen molar-refractivity contribution in [2.45, 2.75) is 13.5 Å². The number of hydrogen-bond donors (Lipinski definition) is 0. The van der Waals surface area contributed by atoms with Crippen LogP contribution in [-0.4, -0.2) is 46.0 Å². The Labute approximate surface area is 185 Å². The van der Waals surface area contributed by atoms with Crippen LogP contribution in [-0.2, 0) is 6.54 Å². The highest BCUT2D eigenvalue weighted by Gasteiger charge is 2.23. The van der Waals surface area contributed by atoms with Gasteiger partial charge < -0.3 is 9.32 Å². The van der Waals surface area contributed by atoms with Gasteiger partial charge in [-0.3, -0.25) is 15.0 Å². The van der Waals surface area contributed by atoms with E-state index in [0.29, 0.717) is 18.0 Å². The summed E-state index contributed by atoms with van der Waals surface area (Å²) in [6.45, 7) is 5.85. The van der Waals surface area contributed by atoms with Crippen molar-refractivity contribution in [3.05, 3.63) is 82.6 Å². The number of benzene rings is 2. The van der Waals surface area contributed by atoms with Crippen LogP contribution in [0.2, 0.25) is 0 Å². The van der Waals surface area contributed by atoms with E-state index in [2.05, 4.69) is 19.8 Å². The molecule has 1 aliphatic heterocycles. The summed E-state index contributed by atoms with van der Waals surface area (Å²) >= 11 is 0. The van der Waals surface area contributed by atoms with Gasteiger partial charge in [0.2, 0.25) is 5.89 Å². The van der Waals surface area contributed by atoms with E-state index in [1.54, 1.807) is 12.3 Å². The monoisotopic (exact) mass is 429 g/mol. The lowest BCUT2D eigenvalue weighted by atomic mass is 10.1.